The summed E-state index contributed by atoms with van der Waals surface area (Å²) in [5.74, 6) is 1.25. The van der Waals surface area contributed by atoms with Crippen LogP contribution >= 0.6 is 0 Å². The van der Waals surface area contributed by atoms with Crippen LogP contribution in [0.15, 0.2) is 18.3 Å². The number of nitrogens with zero attached hydrogens (tertiary/aromatic N) is 7. The number of fused-ring (bicyclic) bond motifs is 1. The van der Waals surface area contributed by atoms with Crippen molar-refractivity contribution in [3.8, 4) is 12.1 Å². The number of H-pyrrole nitrogens is 1. The zero-order valence-electron chi connectivity index (χ0n) is 20.2. The maximum absolute atomic E-state index is 13.0. The van der Waals surface area contributed by atoms with E-state index in [2.05, 4.69) is 46.4 Å². The Balaban J connectivity index is 1.18. The lowest BCUT2D eigenvalue weighted by atomic mass is 9.92. The van der Waals surface area contributed by atoms with Crippen LogP contribution in [-0.4, -0.2) is 61.8 Å². The third kappa shape index (κ3) is 4.67. The lowest BCUT2D eigenvalue weighted by Gasteiger charge is -2.31. The standard InChI is InChI=1S/C25H29N9O2/c1-14(15-4-5-15)28-23(35)22-29-24(31-25(30-22)36-13-18-11-17(18)12-26)34-9-6-16(7-10-34)20-19-3-2-8-27-21(19)33-32-20/h2-3,8,14-18H,4-7,9-11,13H2,1H3,(H,28,35)(H,27,32,33)/t14-,17-,18+/m0/s1. The van der Waals surface area contributed by atoms with Crippen LogP contribution in [0.1, 0.15) is 61.3 Å². The molecule has 11 heteroatoms. The number of carbonyl (C=O) groups is 1. The van der Waals surface area contributed by atoms with Crippen molar-refractivity contribution in [3.63, 3.8) is 0 Å². The molecule has 1 saturated heterocycles. The van der Waals surface area contributed by atoms with Gasteiger partial charge in [-0.05, 0) is 57.1 Å². The van der Waals surface area contributed by atoms with Crippen molar-refractivity contribution >= 4 is 22.9 Å². The number of piperidine rings is 1. The van der Waals surface area contributed by atoms with Crippen LogP contribution in [0.5, 0.6) is 6.01 Å². The molecular formula is C25H29N9O2. The van der Waals surface area contributed by atoms with Crippen molar-refractivity contribution in [2.24, 2.45) is 17.8 Å². The van der Waals surface area contributed by atoms with E-state index in [1.54, 1.807) is 6.20 Å². The molecule has 0 radical (unpaired) electrons. The summed E-state index contributed by atoms with van der Waals surface area (Å²) in [7, 11) is 0. The molecule has 3 atom stereocenters. The second-order valence-electron chi connectivity index (χ2n) is 10.2. The van der Waals surface area contributed by atoms with E-state index < -0.39 is 0 Å². The smallest absolute Gasteiger partial charge is 0.321 e. The minimum absolute atomic E-state index is 0.0285. The summed E-state index contributed by atoms with van der Waals surface area (Å²) < 4.78 is 5.84. The number of hydrogen-bond acceptors (Lipinski definition) is 9. The minimum Gasteiger partial charge on any atom is -0.463 e. The summed E-state index contributed by atoms with van der Waals surface area (Å²) in [5.41, 5.74) is 1.85. The van der Waals surface area contributed by atoms with Gasteiger partial charge < -0.3 is 15.0 Å². The van der Waals surface area contributed by atoms with Crippen LogP contribution in [0, 0.1) is 29.1 Å². The molecule has 36 heavy (non-hydrogen) atoms. The van der Waals surface area contributed by atoms with Crippen LogP contribution in [0.25, 0.3) is 11.0 Å². The number of anilines is 1. The molecule has 6 rings (SSSR count). The van der Waals surface area contributed by atoms with E-state index in [0.29, 0.717) is 24.4 Å². The van der Waals surface area contributed by atoms with Crippen LogP contribution < -0.4 is 15.0 Å². The SMILES string of the molecule is C[C@H](NC(=O)c1nc(OC[C@H]2C[C@H]2C#N)nc(N2CCC(c3n[nH]c4ncccc34)CC2)n1)C1CC1. The quantitative estimate of drug-likeness (QED) is 0.489. The molecule has 3 aromatic rings. The highest BCUT2D eigenvalue weighted by Gasteiger charge is 2.38. The number of aromatic nitrogens is 6. The molecule has 11 nitrogen and oxygen atoms in total. The number of nitriles is 1. The predicted octanol–water partition coefficient (Wildman–Crippen LogP) is 2.59. The van der Waals surface area contributed by atoms with Crippen molar-refractivity contribution in [2.45, 2.75) is 51.0 Å². The van der Waals surface area contributed by atoms with Crippen molar-refractivity contribution in [3.05, 3.63) is 29.8 Å². The largest absolute Gasteiger partial charge is 0.463 e. The topological polar surface area (TPSA) is 146 Å². The fraction of sp³-hybridized carbons (Fsp3) is 0.560. The third-order valence-corrected chi connectivity index (χ3v) is 7.54. The number of aromatic amines is 1. The van der Waals surface area contributed by atoms with Crippen molar-refractivity contribution in [2.75, 3.05) is 24.6 Å². The molecule has 0 unspecified atom stereocenters. The Hall–Kier alpha value is -3.81. The number of amides is 1. The highest BCUT2D eigenvalue weighted by Crippen LogP contribution is 2.38. The number of pyridine rings is 1. The van der Waals surface area contributed by atoms with Crippen molar-refractivity contribution in [1.29, 1.82) is 5.26 Å². The molecule has 3 fully saturated rings. The van der Waals surface area contributed by atoms with Gasteiger partial charge in [0, 0.05) is 42.6 Å². The maximum atomic E-state index is 13.0. The molecular weight excluding hydrogens is 458 g/mol. The maximum Gasteiger partial charge on any atom is 0.321 e. The summed E-state index contributed by atoms with van der Waals surface area (Å²) in [6.07, 6.45) is 6.61. The Morgan fingerprint density at radius 1 is 1.28 bits per heavy atom. The van der Waals surface area contributed by atoms with Crippen molar-refractivity contribution in [1.82, 2.24) is 35.5 Å². The molecule has 0 spiro atoms. The Morgan fingerprint density at radius 3 is 2.86 bits per heavy atom. The predicted molar refractivity (Wildman–Crippen MR) is 130 cm³/mol. The molecule has 2 aliphatic carbocycles. The second-order valence-corrected chi connectivity index (χ2v) is 10.2. The fourth-order valence-electron chi connectivity index (χ4n) is 4.95. The Labute approximate surface area is 208 Å². The number of nitrogens with one attached hydrogen (secondary N) is 2. The number of rotatable bonds is 8. The number of ether oxygens (including phenoxy) is 1. The van der Waals surface area contributed by atoms with E-state index in [-0.39, 0.29) is 35.6 Å². The fourth-order valence-corrected chi connectivity index (χ4v) is 4.95. The van der Waals surface area contributed by atoms with Gasteiger partial charge in [0.2, 0.25) is 11.8 Å². The van der Waals surface area contributed by atoms with E-state index in [1.807, 2.05) is 19.1 Å². The van der Waals surface area contributed by atoms with E-state index in [1.165, 1.54) is 0 Å². The van der Waals surface area contributed by atoms with Gasteiger partial charge in [0.15, 0.2) is 5.65 Å². The van der Waals surface area contributed by atoms with Crippen LogP contribution in [0.4, 0.5) is 5.95 Å². The molecule has 3 aromatic heterocycles. The normalized spacial score (nSPS) is 22.7. The molecule has 0 aromatic carbocycles. The highest BCUT2D eigenvalue weighted by molar-refractivity contribution is 5.91. The lowest BCUT2D eigenvalue weighted by molar-refractivity contribution is 0.0923. The first-order chi connectivity index (χ1) is 17.6. The number of hydrogen-bond donors (Lipinski definition) is 2. The van der Waals surface area contributed by atoms with E-state index in [0.717, 1.165) is 61.9 Å². The first-order valence-electron chi connectivity index (χ1n) is 12.7. The molecule has 186 valence electrons. The number of carbonyl (C=O) groups excluding carboxylic acids is 1. The third-order valence-electron chi connectivity index (χ3n) is 7.54. The molecule has 2 saturated carbocycles. The van der Waals surface area contributed by atoms with Gasteiger partial charge in [-0.2, -0.15) is 25.3 Å². The molecule has 1 amide bonds. The minimum atomic E-state index is -0.311. The van der Waals surface area contributed by atoms with E-state index in [4.69, 9.17) is 10.00 Å². The Bertz CT molecular complexity index is 1310. The van der Waals surface area contributed by atoms with Crippen LogP contribution in [-0.2, 0) is 0 Å². The van der Waals surface area contributed by atoms with E-state index in [9.17, 15) is 4.79 Å². The van der Waals surface area contributed by atoms with Gasteiger partial charge in [0.05, 0.1) is 24.3 Å². The summed E-state index contributed by atoms with van der Waals surface area (Å²) in [6.45, 7) is 3.83. The Kier molecular flexibility index (Phi) is 5.87. The second kappa shape index (κ2) is 9.33. The summed E-state index contributed by atoms with van der Waals surface area (Å²) in [5, 5.41) is 20.7. The van der Waals surface area contributed by atoms with E-state index >= 15 is 0 Å². The van der Waals surface area contributed by atoms with Crippen molar-refractivity contribution < 1.29 is 9.53 Å². The summed E-state index contributed by atoms with van der Waals surface area (Å²) in [4.78, 5) is 32.8. The molecule has 4 heterocycles. The molecule has 3 aliphatic rings. The highest BCUT2D eigenvalue weighted by atomic mass is 16.5. The van der Waals surface area contributed by atoms with Gasteiger partial charge in [-0.1, -0.05) is 0 Å². The average Bonchev–Trinajstić information content (AvgIpc) is 3.84. The monoisotopic (exact) mass is 487 g/mol. The Morgan fingerprint density at radius 2 is 2.11 bits per heavy atom. The molecule has 2 N–H and O–H groups in total. The van der Waals surface area contributed by atoms with Gasteiger partial charge in [0.1, 0.15) is 0 Å². The first-order valence-corrected chi connectivity index (χ1v) is 12.7. The zero-order valence-corrected chi connectivity index (χ0v) is 20.2. The van der Waals surface area contributed by atoms with Crippen LogP contribution in [0.3, 0.4) is 0 Å². The van der Waals surface area contributed by atoms with Crippen LogP contribution in [0.2, 0.25) is 0 Å². The summed E-state index contributed by atoms with van der Waals surface area (Å²) in [6, 6.07) is 6.47. The lowest BCUT2D eigenvalue weighted by Crippen LogP contribution is -2.37. The van der Waals surface area contributed by atoms with Gasteiger partial charge in [-0.15, -0.1) is 0 Å². The average molecular weight is 488 g/mol. The van der Waals surface area contributed by atoms with Gasteiger partial charge in [0.25, 0.3) is 5.91 Å². The van der Waals surface area contributed by atoms with Gasteiger partial charge in [-0.3, -0.25) is 9.89 Å². The van der Waals surface area contributed by atoms with Gasteiger partial charge in [-0.25, -0.2) is 4.98 Å². The molecule has 1 aliphatic heterocycles. The first kappa shape index (κ1) is 22.6. The summed E-state index contributed by atoms with van der Waals surface area (Å²) >= 11 is 0. The van der Waals surface area contributed by atoms with Gasteiger partial charge >= 0.3 is 6.01 Å². The molecule has 0 bridgehead atoms. The zero-order chi connectivity index (χ0) is 24.6.